The maximum Gasteiger partial charge on any atom is 0.161 e. The van der Waals surface area contributed by atoms with Crippen molar-refractivity contribution < 1.29 is 4.39 Å². The molecule has 0 atom stereocenters. The Bertz CT molecular complexity index is 630. The molecule has 6 heteroatoms. The smallest absolute Gasteiger partial charge is 0.161 e. The minimum atomic E-state index is -0.445. The van der Waals surface area contributed by atoms with Gasteiger partial charge in [-0.1, -0.05) is 0 Å². The van der Waals surface area contributed by atoms with Gasteiger partial charge in [-0.2, -0.15) is 5.26 Å². The van der Waals surface area contributed by atoms with Crippen molar-refractivity contribution in [2.45, 2.75) is 6.42 Å². The standard InChI is InChI=1S/C13H12BrFN4/c1-19-7-6-18-11(19)4-5-17-10-3-2-9(8-16)12(14)13(10)15/h2-3,6-7,17H,4-5H2,1H3. The molecule has 0 saturated heterocycles. The molecule has 1 heterocycles. The van der Waals surface area contributed by atoms with Crippen LogP contribution in [0.25, 0.3) is 0 Å². The normalized spacial score (nSPS) is 10.2. The fraction of sp³-hybridized carbons (Fsp3) is 0.231. The SMILES string of the molecule is Cn1ccnc1CCNc1ccc(C#N)c(Br)c1F. The molecule has 0 saturated carbocycles. The fourth-order valence-corrected chi connectivity index (χ4v) is 2.15. The summed E-state index contributed by atoms with van der Waals surface area (Å²) in [6.07, 6.45) is 4.29. The quantitative estimate of drug-likeness (QED) is 0.941. The van der Waals surface area contributed by atoms with Crippen molar-refractivity contribution in [3.05, 3.63) is 46.2 Å². The number of halogens is 2. The van der Waals surface area contributed by atoms with Crippen molar-refractivity contribution >= 4 is 21.6 Å². The average Bonchev–Trinajstić information content (AvgIpc) is 2.81. The minimum Gasteiger partial charge on any atom is -0.382 e. The van der Waals surface area contributed by atoms with E-state index in [1.165, 1.54) is 0 Å². The van der Waals surface area contributed by atoms with Crippen molar-refractivity contribution in [1.82, 2.24) is 9.55 Å². The number of anilines is 1. The van der Waals surface area contributed by atoms with Crippen LogP contribution in [0.2, 0.25) is 0 Å². The monoisotopic (exact) mass is 322 g/mol. The highest BCUT2D eigenvalue weighted by Gasteiger charge is 2.10. The lowest BCUT2D eigenvalue weighted by atomic mass is 10.2. The lowest BCUT2D eigenvalue weighted by Crippen LogP contribution is -2.10. The van der Waals surface area contributed by atoms with Crippen LogP contribution < -0.4 is 5.32 Å². The van der Waals surface area contributed by atoms with E-state index in [1.807, 2.05) is 23.9 Å². The van der Waals surface area contributed by atoms with E-state index < -0.39 is 5.82 Å². The van der Waals surface area contributed by atoms with Gasteiger partial charge in [0.1, 0.15) is 11.9 Å². The van der Waals surface area contributed by atoms with Crippen molar-refractivity contribution in [3.63, 3.8) is 0 Å². The van der Waals surface area contributed by atoms with Gasteiger partial charge in [0.15, 0.2) is 5.82 Å². The molecule has 1 aromatic heterocycles. The van der Waals surface area contributed by atoms with Crippen molar-refractivity contribution in [2.24, 2.45) is 7.05 Å². The van der Waals surface area contributed by atoms with Gasteiger partial charge in [-0.05, 0) is 28.1 Å². The van der Waals surface area contributed by atoms with Crippen molar-refractivity contribution in [2.75, 3.05) is 11.9 Å². The molecule has 0 fully saturated rings. The van der Waals surface area contributed by atoms with Crippen LogP contribution in [0.4, 0.5) is 10.1 Å². The van der Waals surface area contributed by atoms with Crippen molar-refractivity contribution in [1.29, 1.82) is 5.26 Å². The van der Waals surface area contributed by atoms with Gasteiger partial charge < -0.3 is 9.88 Å². The van der Waals surface area contributed by atoms with E-state index in [2.05, 4.69) is 26.2 Å². The second-order valence-electron chi connectivity index (χ2n) is 4.03. The third kappa shape index (κ3) is 2.93. The zero-order valence-corrected chi connectivity index (χ0v) is 11.9. The van der Waals surface area contributed by atoms with Gasteiger partial charge in [0, 0.05) is 32.4 Å². The molecule has 0 aliphatic rings. The summed E-state index contributed by atoms with van der Waals surface area (Å²) in [4.78, 5) is 4.19. The molecule has 4 nitrogen and oxygen atoms in total. The van der Waals surface area contributed by atoms with Gasteiger partial charge >= 0.3 is 0 Å². The maximum atomic E-state index is 13.9. The van der Waals surface area contributed by atoms with E-state index in [4.69, 9.17) is 5.26 Å². The molecular weight excluding hydrogens is 311 g/mol. The first-order valence-corrected chi connectivity index (χ1v) is 6.51. The molecule has 98 valence electrons. The zero-order valence-electron chi connectivity index (χ0n) is 10.3. The Balaban J connectivity index is 2.03. The Kier molecular flexibility index (Phi) is 4.17. The predicted molar refractivity (Wildman–Crippen MR) is 74.2 cm³/mol. The molecule has 2 rings (SSSR count). The fourth-order valence-electron chi connectivity index (χ4n) is 1.72. The summed E-state index contributed by atoms with van der Waals surface area (Å²) in [5.41, 5.74) is 0.659. The topological polar surface area (TPSA) is 53.6 Å². The summed E-state index contributed by atoms with van der Waals surface area (Å²) in [5, 5.41) is 11.8. The number of aromatic nitrogens is 2. The zero-order chi connectivity index (χ0) is 13.8. The Morgan fingerprint density at radius 2 is 2.32 bits per heavy atom. The Morgan fingerprint density at radius 1 is 1.53 bits per heavy atom. The average molecular weight is 323 g/mol. The van der Waals surface area contributed by atoms with Crippen LogP contribution in [0.1, 0.15) is 11.4 Å². The maximum absolute atomic E-state index is 13.9. The molecule has 0 radical (unpaired) electrons. The number of hydrogen-bond donors (Lipinski definition) is 1. The Hall–Kier alpha value is -1.87. The third-order valence-corrected chi connectivity index (χ3v) is 3.56. The first-order chi connectivity index (χ1) is 9.13. The number of nitrogens with zero attached hydrogens (tertiary/aromatic N) is 3. The molecular formula is C13H12BrFN4. The van der Waals surface area contributed by atoms with Gasteiger partial charge in [-0.25, -0.2) is 9.37 Å². The largest absolute Gasteiger partial charge is 0.382 e. The van der Waals surface area contributed by atoms with E-state index in [1.54, 1.807) is 18.3 Å². The highest BCUT2D eigenvalue weighted by molar-refractivity contribution is 9.10. The Labute approximate surface area is 119 Å². The van der Waals surface area contributed by atoms with E-state index in [-0.39, 0.29) is 10.0 Å². The minimum absolute atomic E-state index is 0.192. The molecule has 0 amide bonds. The van der Waals surface area contributed by atoms with Crippen molar-refractivity contribution in [3.8, 4) is 6.07 Å². The van der Waals surface area contributed by atoms with Gasteiger partial charge in [0.25, 0.3) is 0 Å². The summed E-state index contributed by atoms with van der Waals surface area (Å²) in [5.74, 6) is 0.486. The summed E-state index contributed by atoms with van der Waals surface area (Å²) < 4.78 is 16.0. The number of nitriles is 1. The van der Waals surface area contributed by atoms with Crippen LogP contribution in [0.3, 0.4) is 0 Å². The molecule has 19 heavy (non-hydrogen) atoms. The Morgan fingerprint density at radius 3 is 2.95 bits per heavy atom. The first kappa shape index (κ1) is 13.6. The summed E-state index contributed by atoms with van der Waals surface area (Å²) in [6.45, 7) is 0.570. The molecule has 0 spiro atoms. The number of rotatable bonds is 4. The summed E-state index contributed by atoms with van der Waals surface area (Å²) >= 11 is 3.08. The molecule has 0 bridgehead atoms. The van der Waals surface area contributed by atoms with Gasteiger partial charge in [0.2, 0.25) is 0 Å². The summed E-state index contributed by atoms with van der Waals surface area (Å²) in [7, 11) is 1.92. The van der Waals surface area contributed by atoms with E-state index in [0.717, 1.165) is 5.82 Å². The van der Waals surface area contributed by atoms with Gasteiger partial charge in [-0.15, -0.1) is 0 Å². The molecule has 0 aliphatic heterocycles. The lowest BCUT2D eigenvalue weighted by Gasteiger charge is -2.09. The van der Waals surface area contributed by atoms with Gasteiger partial charge in [-0.3, -0.25) is 0 Å². The molecule has 2 aromatic rings. The van der Waals surface area contributed by atoms with Crippen LogP contribution >= 0.6 is 15.9 Å². The van der Waals surface area contributed by atoms with E-state index in [0.29, 0.717) is 18.7 Å². The predicted octanol–water partition coefficient (Wildman–Crippen LogP) is 2.85. The van der Waals surface area contributed by atoms with E-state index >= 15 is 0 Å². The number of benzene rings is 1. The number of imidazole rings is 1. The lowest BCUT2D eigenvalue weighted by molar-refractivity contribution is 0.622. The third-order valence-electron chi connectivity index (χ3n) is 2.79. The second-order valence-corrected chi connectivity index (χ2v) is 4.82. The molecule has 0 aliphatic carbocycles. The van der Waals surface area contributed by atoms with Crippen LogP contribution in [-0.4, -0.2) is 16.1 Å². The van der Waals surface area contributed by atoms with Gasteiger partial charge in [0.05, 0.1) is 15.7 Å². The highest BCUT2D eigenvalue weighted by Crippen LogP contribution is 2.26. The van der Waals surface area contributed by atoms with Crippen LogP contribution in [0.15, 0.2) is 29.0 Å². The summed E-state index contributed by atoms with van der Waals surface area (Å²) in [6, 6.07) is 5.07. The number of aryl methyl sites for hydroxylation is 1. The van der Waals surface area contributed by atoms with Crippen LogP contribution in [0.5, 0.6) is 0 Å². The highest BCUT2D eigenvalue weighted by atomic mass is 79.9. The number of hydrogen-bond acceptors (Lipinski definition) is 3. The van der Waals surface area contributed by atoms with E-state index in [9.17, 15) is 4.39 Å². The second kappa shape index (κ2) is 5.85. The number of nitrogens with one attached hydrogen (secondary N) is 1. The molecule has 1 N–H and O–H groups in total. The first-order valence-electron chi connectivity index (χ1n) is 5.71. The van der Waals surface area contributed by atoms with Crippen LogP contribution in [-0.2, 0) is 13.5 Å². The van der Waals surface area contributed by atoms with Crippen LogP contribution in [0, 0.1) is 17.1 Å². The molecule has 0 unspecified atom stereocenters. The molecule has 1 aromatic carbocycles.